The molecule has 1 rings (SSSR count). The van der Waals surface area contributed by atoms with Gasteiger partial charge in [0.15, 0.2) is 0 Å². The average molecular weight is 261 g/mol. The maximum atomic E-state index is 11.7. The van der Waals surface area contributed by atoms with Crippen LogP contribution in [0.1, 0.15) is 29.9 Å². The number of nitrogens with one attached hydrogen (secondary N) is 1. The van der Waals surface area contributed by atoms with Gasteiger partial charge in [-0.05, 0) is 26.0 Å². The summed E-state index contributed by atoms with van der Waals surface area (Å²) in [6.07, 6.45) is 0.0951. The van der Waals surface area contributed by atoms with E-state index in [0.29, 0.717) is 9.21 Å². The first-order chi connectivity index (χ1) is 7.30. The molecular formula is C10H13ClN2O2S. The molecule has 6 heteroatoms. The number of thiophene rings is 1. The lowest BCUT2D eigenvalue weighted by molar-refractivity contribution is -0.119. The first kappa shape index (κ1) is 13.0. The Bertz CT molecular complexity index is 415. The monoisotopic (exact) mass is 260 g/mol. The summed E-state index contributed by atoms with van der Waals surface area (Å²) >= 11 is 6.92. The second kappa shape index (κ2) is 4.84. The fraction of sp³-hybridized carbons (Fsp3) is 0.400. The number of hydrogen-bond acceptors (Lipinski definition) is 3. The Labute approximate surface area is 103 Å². The van der Waals surface area contributed by atoms with Gasteiger partial charge in [-0.15, -0.1) is 11.3 Å². The van der Waals surface area contributed by atoms with Crippen LogP contribution in [-0.4, -0.2) is 17.4 Å². The van der Waals surface area contributed by atoms with Crippen LogP contribution < -0.4 is 11.1 Å². The highest BCUT2D eigenvalue weighted by Gasteiger charge is 2.24. The van der Waals surface area contributed by atoms with Crippen molar-refractivity contribution in [2.75, 3.05) is 0 Å². The van der Waals surface area contributed by atoms with E-state index < -0.39 is 11.4 Å². The van der Waals surface area contributed by atoms with Crippen LogP contribution in [0.3, 0.4) is 0 Å². The normalized spacial score (nSPS) is 11.2. The Balaban J connectivity index is 2.67. The molecule has 0 spiro atoms. The fourth-order valence-corrected chi connectivity index (χ4v) is 2.22. The number of hydrogen-bond donors (Lipinski definition) is 2. The topological polar surface area (TPSA) is 72.2 Å². The van der Waals surface area contributed by atoms with E-state index in [4.69, 9.17) is 17.3 Å². The third-order valence-electron chi connectivity index (χ3n) is 1.87. The van der Waals surface area contributed by atoms with Gasteiger partial charge in [0.25, 0.3) is 5.91 Å². The van der Waals surface area contributed by atoms with E-state index in [2.05, 4.69) is 5.32 Å². The average Bonchev–Trinajstić information content (AvgIpc) is 2.47. The molecule has 0 aliphatic rings. The van der Waals surface area contributed by atoms with Gasteiger partial charge in [0.1, 0.15) is 0 Å². The highest BCUT2D eigenvalue weighted by atomic mass is 35.5. The second-order valence-corrected chi connectivity index (χ2v) is 5.80. The molecule has 0 radical (unpaired) electrons. The summed E-state index contributed by atoms with van der Waals surface area (Å²) in [6, 6.07) is 3.30. The molecule has 1 heterocycles. The molecule has 4 nitrogen and oxygen atoms in total. The molecule has 1 aromatic heterocycles. The molecular weight excluding hydrogens is 248 g/mol. The van der Waals surface area contributed by atoms with E-state index in [9.17, 15) is 9.59 Å². The van der Waals surface area contributed by atoms with Gasteiger partial charge in [-0.2, -0.15) is 0 Å². The number of primary amides is 1. The molecule has 0 aliphatic carbocycles. The third kappa shape index (κ3) is 3.83. The number of amides is 2. The van der Waals surface area contributed by atoms with Crippen LogP contribution in [0.25, 0.3) is 0 Å². The summed E-state index contributed by atoms with van der Waals surface area (Å²) in [5.74, 6) is -0.697. The summed E-state index contributed by atoms with van der Waals surface area (Å²) in [6.45, 7) is 3.48. The summed E-state index contributed by atoms with van der Waals surface area (Å²) < 4.78 is 0.554. The first-order valence-electron chi connectivity index (χ1n) is 4.66. The van der Waals surface area contributed by atoms with Gasteiger partial charge in [0, 0.05) is 12.0 Å². The Morgan fingerprint density at radius 3 is 2.56 bits per heavy atom. The quantitative estimate of drug-likeness (QED) is 0.866. The Morgan fingerprint density at radius 2 is 2.12 bits per heavy atom. The molecule has 0 aromatic carbocycles. The molecule has 88 valence electrons. The van der Waals surface area contributed by atoms with Crippen molar-refractivity contribution in [1.82, 2.24) is 5.32 Å². The molecule has 0 fully saturated rings. The molecule has 2 amide bonds. The van der Waals surface area contributed by atoms with Crippen molar-refractivity contribution in [3.8, 4) is 0 Å². The maximum Gasteiger partial charge on any atom is 0.261 e. The molecule has 0 atom stereocenters. The number of rotatable bonds is 4. The molecule has 0 bridgehead atoms. The molecule has 0 aliphatic heterocycles. The Morgan fingerprint density at radius 1 is 1.50 bits per heavy atom. The Kier molecular flexibility index (Phi) is 3.93. The number of carbonyl (C=O) groups is 2. The van der Waals surface area contributed by atoms with Crippen LogP contribution in [0, 0.1) is 0 Å². The van der Waals surface area contributed by atoms with Gasteiger partial charge >= 0.3 is 0 Å². The van der Waals surface area contributed by atoms with Crippen molar-refractivity contribution in [2.45, 2.75) is 25.8 Å². The maximum absolute atomic E-state index is 11.7. The van der Waals surface area contributed by atoms with E-state index in [1.165, 1.54) is 11.3 Å². The second-order valence-electron chi connectivity index (χ2n) is 4.08. The molecule has 0 saturated heterocycles. The number of halogens is 1. The SMILES string of the molecule is CC(C)(CC(N)=O)NC(=O)c1ccc(Cl)s1. The minimum atomic E-state index is -0.653. The predicted molar refractivity (Wildman–Crippen MR) is 64.7 cm³/mol. The molecule has 1 aromatic rings. The zero-order chi connectivity index (χ0) is 12.3. The van der Waals surface area contributed by atoms with Crippen molar-refractivity contribution in [2.24, 2.45) is 5.73 Å². The van der Waals surface area contributed by atoms with Crippen molar-refractivity contribution in [1.29, 1.82) is 0 Å². The molecule has 0 unspecified atom stereocenters. The zero-order valence-corrected chi connectivity index (χ0v) is 10.6. The fourth-order valence-electron chi connectivity index (χ4n) is 1.29. The summed E-state index contributed by atoms with van der Waals surface area (Å²) in [4.78, 5) is 23.0. The van der Waals surface area contributed by atoms with Crippen molar-refractivity contribution in [3.63, 3.8) is 0 Å². The van der Waals surface area contributed by atoms with Gasteiger partial charge in [0.2, 0.25) is 5.91 Å². The Hall–Kier alpha value is -1.07. The summed E-state index contributed by atoms with van der Waals surface area (Å²) in [7, 11) is 0. The highest BCUT2D eigenvalue weighted by Crippen LogP contribution is 2.22. The van der Waals surface area contributed by atoms with E-state index in [-0.39, 0.29) is 12.3 Å². The standard InChI is InChI=1S/C10H13ClN2O2S/c1-10(2,5-8(12)14)13-9(15)6-3-4-7(11)16-6/h3-4H,5H2,1-2H3,(H2,12,14)(H,13,15). The van der Waals surface area contributed by atoms with Crippen molar-refractivity contribution in [3.05, 3.63) is 21.3 Å². The lowest BCUT2D eigenvalue weighted by atomic mass is 10.0. The van der Waals surface area contributed by atoms with Crippen LogP contribution in [0.5, 0.6) is 0 Å². The van der Waals surface area contributed by atoms with Crippen molar-refractivity contribution < 1.29 is 9.59 Å². The largest absolute Gasteiger partial charge is 0.370 e. The lowest BCUT2D eigenvalue weighted by Gasteiger charge is -2.24. The van der Waals surface area contributed by atoms with Gasteiger partial charge < -0.3 is 11.1 Å². The van der Waals surface area contributed by atoms with Crippen LogP contribution in [0.2, 0.25) is 4.34 Å². The van der Waals surface area contributed by atoms with E-state index >= 15 is 0 Å². The smallest absolute Gasteiger partial charge is 0.261 e. The summed E-state index contributed by atoms with van der Waals surface area (Å²) in [5, 5.41) is 2.73. The van der Waals surface area contributed by atoms with Gasteiger partial charge in [-0.3, -0.25) is 9.59 Å². The van der Waals surface area contributed by atoms with E-state index in [0.717, 1.165) is 0 Å². The minimum absolute atomic E-state index is 0.0951. The number of nitrogens with two attached hydrogens (primary N) is 1. The third-order valence-corrected chi connectivity index (χ3v) is 3.10. The van der Waals surface area contributed by atoms with E-state index in [1.54, 1.807) is 26.0 Å². The van der Waals surface area contributed by atoms with Crippen LogP contribution in [0.4, 0.5) is 0 Å². The number of carbonyl (C=O) groups excluding carboxylic acids is 2. The predicted octanol–water partition coefficient (Wildman–Crippen LogP) is 1.79. The zero-order valence-electron chi connectivity index (χ0n) is 9.04. The molecule has 0 saturated carbocycles. The van der Waals surface area contributed by atoms with Gasteiger partial charge in [-0.1, -0.05) is 11.6 Å². The summed E-state index contributed by atoms with van der Waals surface area (Å²) in [5.41, 5.74) is 4.43. The molecule has 3 N–H and O–H groups in total. The van der Waals surface area contributed by atoms with Gasteiger partial charge in [0.05, 0.1) is 9.21 Å². The van der Waals surface area contributed by atoms with E-state index in [1.807, 2.05) is 0 Å². The van der Waals surface area contributed by atoms with Crippen LogP contribution in [0.15, 0.2) is 12.1 Å². The van der Waals surface area contributed by atoms with Crippen LogP contribution >= 0.6 is 22.9 Å². The molecule has 16 heavy (non-hydrogen) atoms. The van der Waals surface area contributed by atoms with Crippen molar-refractivity contribution >= 4 is 34.8 Å². The highest BCUT2D eigenvalue weighted by molar-refractivity contribution is 7.18. The van der Waals surface area contributed by atoms with Crippen LogP contribution in [-0.2, 0) is 4.79 Å². The lowest BCUT2D eigenvalue weighted by Crippen LogP contribution is -2.45. The first-order valence-corrected chi connectivity index (χ1v) is 5.86. The van der Waals surface area contributed by atoms with Gasteiger partial charge in [-0.25, -0.2) is 0 Å². The minimum Gasteiger partial charge on any atom is -0.370 e.